The number of aromatic nitrogens is 1. The summed E-state index contributed by atoms with van der Waals surface area (Å²) in [7, 11) is 0. The molecule has 6 rings (SSSR count). The molecule has 3 heterocycles. The SMILES string of the molecule is O=C(NC1N=C(c2ccccc2)c2ccccc2N(Cc2ccco2)C1=O)c1cc2ccccc2[nH]1. The highest BCUT2D eigenvalue weighted by molar-refractivity contribution is 6.20. The van der Waals surface area contributed by atoms with Crippen LogP contribution < -0.4 is 10.2 Å². The monoisotopic (exact) mass is 474 g/mol. The minimum absolute atomic E-state index is 0.208. The fraction of sp³-hybridized carbons (Fsp3) is 0.0690. The predicted octanol–water partition coefficient (Wildman–Crippen LogP) is 4.90. The molecule has 0 bridgehead atoms. The molecular weight excluding hydrogens is 452 g/mol. The Kier molecular flexibility index (Phi) is 5.42. The number of rotatable bonds is 5. The second kappa shape index (κ2) is 9.03. The Morgan fingerprint density at radius 2 is 1.72 bits per heavy atom. The zero-order valence-electron chi connectivity index (χ0n) is 19.2. The van der Waals surface area contributed by atoms with Crippen LogP contribution in [0.5, 0.6) is 0 Å². The Bertz CT molecular complexity index is 1550. The molecule has 7 heteroatoms. The van der Waals surface area contributed by atoms with Crippen LogP contribution in [0, 0.1) is 0 Å². The van der Waals surface area contributed by atoms with Gasteiger partial charge in [0.15, 0.2) is 0 Å². The lowest BCUT2D eigenvalue weighted by molar-refractivity contribution is -0.120. The number of benzodiazepines with no additional fused rings is 1. The van der Waals surface area contributed by atoms with Gasteiger partial charge < -0.3 is 19.6 Å². The molecule has 0 radical (unpaired) electrons. The van der Waals surface area contributed by atoms with E-state index in [2.05, 4.69) is 10.3 Å². The van der Waals surface area contributed by atoms with Gasteiger partial charge in [-0.1, -0.05) is 66.7 Å². The van der Waals surface area contributed by atoms with Crippen molar-refractivity contribution in [2.45, 2.75) is 12.7 Å². The van der Waals surface area contributed by atoms with Gasteiger partial charge >= 0.3 is 0 Å². The normalized spacial score (nSPS) is 15.3. The van der Waals surface area contributed by atoms with Crippen molar-refractivity contribution in [2.75, 3.05) is 4.90 Å². The van der Waals surface area contributed by atoms with E-state index in [1.54, 1.807) is 23.3 Å². The largest absolute Gasteiger partial charge is 0.467 e. The number of carbonyl (C=O) groups excluding carboxylic acids is 2. The van der Waals surface area contributed by atoms with Crippen LogP contribution in [0.3, 0.4) is 0 Å². The molecular formula is C29H22N4O3. The maximum Gasteiger partial charge on any atom is 0.272 e. The first-order chi connectivity index (χ1) is 17.7. The molecule has 7 nitrogen and oxygen atoms in total. The number of fused-ring (bicyclic) bond motifs is 2. The highest BCUT2D eigenvalue weighted by Crippen LogP contribution is 2.30. The summed E-state index contributed by atoms with van der Waals surface area (Å²) in [6, 6.07) is 30.3. The number of anilines is 1. The summed E-state index contributed by atoms with van der Waals surface area (Å²) >= 11 is 0. The number of aliphatic imine (C=N–C) groups is 1. The van der Waals surface area contributed by atoms with Gasteiger partial charge in [0.25, 0.3) is 11.8 Å². The minimum Gasteiger partial charge on any atom is -0.467 e. The van der Waals surface area contributed by atoms with Crippen molar-refractivity contribution in [1.82, 2.24) is 10.3 Å². The number of benzene rings is 3. The summed E-state index contributed by atoms with van der Waals surface area (Å²) in [6.07, 6.45) is 0.436. The zero-order chi connectivity index (χ0) is 24.5. The summed E-state index contributed by atoms with van der Waals surface area (Å²) in [4.78, 5) is 36.7. The predicted molar refractivity (Wildman–Crippen MR) is 138 cm³/mol. The van der Waals surface area contributed by atoms with Crippen molar-refractivity contribution in [2.24, 2.45) is 4.99 Å². The fourth-order valence-electron chi connectivity index (χ4n) is 4.47. The van der Waals surface area contributed by atoms with Crippen LogP contribution in [0.4, 0.5) is 5.69 Å². The lowest BCUT2D eigenvalue weighted by Gasteiger charge is -2.24. The topological polar surface area (TPSA) is 90.7 Å². The number of carbonyl (C=O) groups is 2. The van der Waals surface area contributed by atoms with E-state index >= 15 is 0 Å². The van der Waals surface area contributed by atoms with E-state index in [1.807, 2.05) is 84.9 Å². The smallest absolute Gasteiger partial charge is 0.272 e. The second-order valence-corrected chi connectivity index (χ2v) is 8.51. The van der Waals surface area contributed by atoms with Gasteiger partial charge in [-0.25, -0.2) is 4.99 Å². The van der Waals surface area contributed by atoms with E-state index in [0.29, 0.717) is 22.9 Å². The van der Waals surface area contributed by atoms with Crippen molar-refractivity contribution in [3.63, 3.8) is 0 Å². The van der Waals surface area contributed by atoms with Gasteiger partial charge in [-0.2, -0.15) is 0 Å². The standard InChI is InChI=1S/C29H22N4O3/c34-28(24-17-20-11-4-6-14-23(20)30-24)32-27-29(35)33(18-21-12-8-16-36-21)25-15-7-5-13-22(25)26(31-27)19-9-2-1-3-10-19/h1-17,27,30H,18H2,(H,32,34). The van der Waals surface area contributed by atoms with E-state index in [-0.39, 0.29) is 12.5 Å². The molecule has 176 valence electrons. The number of aromatic amines is 1. The highest BCUT2D eigenvalue weighted by atomic mass is 16.3. The van der Waals surface area contributed by atoms with Crippen molar-refractivity contribution in [3.8, 4) is 0 Å². The molecule has 0 saturated carbocycles. The first-order valence-corrected chi connectivity index (χ1v) is 11.6. The lowest BCUT2D eigenvalue weighted by atomic mass is 10.0. The molecule has 0 fully saturated rings. The third kappa shape index (κ3) is 3.96. The summed E-state index contributed by atoms with van der Waals surface area (Å²) < 4.78 is 5.55. The maximum atomic E-state index is 13.9. The van der Waals surface area contributed by atoms with Crippen LogP contribution in [0.25, 0.3) is 10.9 Å². The molecule has 5 aromatic rings. The van der Waals surface area contributed by atoms with Crippen molar-refractivity contribution >= 4 is 34.1 Å². The molecule has 0 spiro atoms. The number of amides is 2. The first kappa shape index (κ1) is 21.6. The van der Waals surface area contributed by atoms with E-state index in [4.69, 9.17) is 9.41 Å². The highest BCUT2D eigenvalue weighted by Gasteiger charge is 2.33. The average Bonchev–Trinajstić information content (AvgIpc) is 3.58. The third-order valence-corrected chi connectivity index (χ3v) is 6.19. The average molecular weight is 475 g/mol. The fourth-order valence-corrected chi connectivity index (χ4v) is 4.47. The quantitative estimate of drug-likeness (QED) is 0.380. The van der Waals surface area contributed by atoms with Crippen LogP contribution in [-0.2, 0) is 11.3 Å². The molecule has 2 amide bonds. The first-order valence-electron chi connectivity index (χ1n) is 11.6. The van der Waals surface area contributed by atoms with Gasteiger partial charge in [-0.05, 0) is 30.3 Å². The Morgan fingerprint density at radius 1 is 0.944 bits per heavy atom. The van der Waals surface area contributed by atoms with E-state index < -0.39 is 12.1 Å². The number of hydrogen-bond acceptors (Lipinski definition) is 4. The summed E-state index contributed by atoms with van der Waals surface area (Å²) in [5.41, 5.74) is 4.18. The molecule has 2 N–H and O–H groups in total. The van der Waals surface area contributed by atoms with Gasteiger partial charge in [-0.3, -0.25) is 9.59 Å². The Balaban J connectivity index is 1.44. The van der Waals surface area contributed by atoms with E-state index in [9.17, 15) is 9.59 Å². The van der Waals surface area contributed by atoms with Gasteiger partial charge in [0.1, 0.15) is 11.5 Å². The molecule has 0 saturated heterocycles. The molecule has 2 aromatic heterocycles. The summed E-state index contributed by atoms with van der Waals surface area (Å²) in [5.74, 6) is -0.138. The molecule has 1 unspecified atom stereocenters. The van der Waals surface area contributed by atoms with Gasteiger partial charge in [0, 0.05) is 22.0 Å². The maximum absolute atomic E-state index is 13.9. The number of H-pyrrole nitrogens is 1. The lowest BCUT2D eigenvalue weighted by Crippen LogP contribution is -2.47. The molecule has 1 aliphatic heterocycles. The number of nitrogens with one attached hydrogen (secondary N) is 2. The number of nitrogens with zero attached hydrogens (tertiary/aromatic N) is 2. The van der Waals surface area contributed by atoms with E-state index in [1.165, 1.54) is 0 Å². The van der Waals surface area contributed by atoms with Gasteiger partial charge in [-0.15, -0.1) is 0 Å². The Labute approximate surface area is 207 Å². The number of furan rings is 1. The molecule has 1 aliphatic rings. The van der Waals surface area contributed by atoms with Gasteiger partial charge in [0.2, 0.25) is 6.17 Å². The van der Waals surface area contributed by atoms with Crippen LogP contribution >= 0.6 is 0 Å². The van der Waals surface area contributed by atoms with Crippen molar-refractivity contribution < 1.29 is 14.0 Å². The van der Waals surface area contributed by atoms with Crippen LogP contribution in [-0.4, -0.2) is 28.7 Å². The molecule has 36 heavy (non-hydrogen) atoms. The third-order valence-electron chi connectivity index (χ3n) is 6.19. The summed E-state index contributed by atoms with van der Waals surface area (Å²) in [5, 5.41) is 3.76. The number of hydrogen-bond donors (Lipinski definition) is 2. The van der Waals surface area contributed by atoms with E-state index in [0.717, 1.165) is 22.0 Å². The van der Waals surface area contributed by atoms with Crippen molar-refractivity contribution in [3.05, 3.63) is 126 Å². The zero-order valence-corrected chi connectivity index (χ0v) is 19.2. The van der Waals surface area contributed by atoms with Crippen LogP contribution in [0.2, 0.25) is 0 Å². The van der Waals surface area contributed by atoms with Crippen LogP contribution in [0.15, 0.2) is 113 Å². The molecule has 1 atom stereocenters. The minimum atomic E-state index is -1.14. The van der Waals surface area contributed by atoms with Crippen molar-refractivity contribution in [1.29, 1.82) is 0 Å². The second-order valence-electron chi connectivity index (χ2n) is 8.51. The van der Waals surface area contributed by atoms with Gasteiger partial charge in [0.05, 0.1) is 24.2 Å². The molecule has 3 aromatic carbocycles. The Morgan fingerprint density at radius 3 is 2.53 bits per heavy atom. The van der Waals surface area contributed by atoms with Crippen LogP contribution in [0.1, 0.15) is 27.4 Å². The Hall–Kier alpha value is -4.91. The molecule has 0 aliphatic carbocycles. The number of para-hydroxylation sites is 2. The summed E-state index contributed by atoms with van der Waals surface area (Å²) in [6.45, 7) is 0.208.